The molecule has 2 saturated heterocycles. The van der Waals surface area contributed by atoms with Gasteiger partial charge in [0, 0.05) is 39.3 Å². The minimum absolute atomic E-state index is 0.0795. The van der Waals surface area contributed by atoms with Gasteiger partial charge in [0.2, 0.25) is 10.0 Å². The van der Waals surface area contributed by atoms with E-state index in [0.717, 1.165) is 32.5 Å². The van der Waals surface area contributed by atoms with Crippen molar-refractivity contribution in [1.29, 1.82) is 0 Å². The number of aromatic nitrogens is 2. The van der Waals surface area contributed by atoms with Crippen molar-refractivity contribution in [3.8, 4) is 0 Å². The lowest BCUT2D eigenvalue weighted by Gasteiger charge is -2.39. The zero-order valence-corrected chi connectivity index (χ0v) is 17.2. The molecular weight excluding hydrogens is 366 g/mol. The number of amides is 1. The highest BCUT2D eigenvalue weighted by Gasteiger charge is 2.33. The van der Waals surface area contributed by atoms with Gasteiger partial charge in [-0.2, -0.15) is 4.31 Å². The summed E-state index contributed by atoms with van der Waals surface area (Å²) in [7, 11) is -1.53. The monoisotopic (exact) mass is 397 g/mol. The van der Waals surface area contributed by atoms with E-state index in [1.807, 2.05) is 0 Å². The minimum Gasteiger partial charge on any atom is -0.336 e. The molecule has 0 bridgehead atoms. The Labute approximate surface area is 162 Å². The number of aryl methyl sites for hydroxylation is 1. The average Bonchev–Trinajstić information content (AvgIpc) is 3.07. The van der Waals surface area contributed by atoms with Crippen molar-refractivity contribution in [2.75, 3.05) is 45.5 Å². The van der Waals surface area contributed by atoms with Gasteiger partial charge in [-0.05, 0) is 38.8 Å². The van der Waals surface area contributed by atoms with Gasteiger partial charge in [0.1, 0.15) is 5.69 Å². The van der Waals surface area contributed by atoms with Crippen LogP contribution in [-0.4, -0.2) is 89.5 Å². The lowest BCUT2D eigenvalue weighted by molar-refractivity contribution is 0.0637. The standard InChI is InChI=1S/C18H31N5O3S/c1-20-15-19-13-17(20)18(24)22-10-6-7-16(14-22)23(27(2,25)26)12-11-21-8-4-3-5-9-21/h13,15-16H,3-12,14H2,1-2H3. The molecule has 0 aromatic carbocycles. The van der Waals surface area contributed by atoms with Crippen LogP contribution in [0.4, 0.5) is 0 Å². The molecule has 3 rings (SSSR count). The summed E-state index contributed by atoms with van der Waals surface area (Å²) in [6, 6.07) is -0.157. The van der Waals surface area contributed by atoms with E-state index in [1.165, 1.54) is 25.5 Å². The van der Waals surface area contributed by atoms with Gasteiger partial charge in [-0.1, -0.05) is 6.42 Å². The highest BCUT2D eigenvalue weighted by Crippen LogP contribution is 2.20. The molecule has 0 saturated carbocycles. The number of sulfonamides is 1. The summed E-state index contributed by atoms with van der Waals surface area (Å²) in [5.74, 6) is -0.0795. The molecule has 1 amide bonds. The lowest BCUT2D eigenvalue weighted by Crippen LogP contribution is -2.53. The van der Waals surface area contributed by atoms with Gasteiger partial charge < -0.3 is 14.4 Å². The zero-order valence-electron chi connectivity index (χ0n) is 16.4. The van der Waals surface area contributed by atoms with Crippen molar-refractivity contribution in [1.82, 2.24) is 23.7 Å². The molecule has 152 valence electrons. The van der Waals surface area contributed by atoms with Crippen LogP contribution in [0.2, 0.25) is 0 Å². The molecule has 1 atom stereocenters. The first-order chi connectivity index (χ1) is 12.9. The Balaban J connectivity index is 1.66. The maximum Gasteiger partial charge on any atom is 0.272 e. The van der Waals surface area contributed by atoms with Crippen LogP contribution < -0.4 is 0 Å². The minimum atomic E-state index is -3.33. The number of rotatable bonds is 6. The summed E-state index contributed by atoms with van der Waals surface area (Å²) < 4.78 is 28.2. The Kier molecular flexibility index (Phi) is 6.54. The van der Waals surface area contributed by atoms with Gasteiger partial charge in [-0.3, -0.25) is 4.79 Å². The first kappa shape index (κ1) is 20.3. The molecule has 2 aliphatic rings. The zero-order chi connectivity index (χ0) is 19.4. The van der Waals surface area contributed by atoms with Crippen molar-refractivity contribution in [3.63, 3.8) is 0 Å². The molecule has 2 aliphatic heterocycles. The van der Waals surface area contributed by atoms with Crippen LogP contribution in [0.15, 0.2) is 12.5 Å². The molecule has 0 N–H and O–H groups in total. The second kappa shape index (κ2) is 8.70. The molecular formula is C18H31N5O3S. The van der Waals surface area contributed by atoms with Crippen molar-refractivity contribution in [3.05, 3.63) is 18.2 Å². The second-order valence-corrected chi connectivity index (χ2v) is 9.65. The van der Waals surface area contributed by atoms with E-state index in [9.17, 15) is 13.2 Å². The van der Waals surface area contributed by atoms with Crippen molar-refractivity contribution < 1.29 is 13.2 Å². The topological polar surface area (TPSA) is 78.8 Å². The third kappa shape index (κ3) is 5.08. The van der Waals surface area contributed by atoms with Gasteiger partial charge in [-0.15, -0.1) is 0 Å². The van der Waals surface area contributed by atoms with Gasteiger partial charge in [0.05, 0.1) is 18.8 Å². The van der Waals surface area contributed by atoms with E-state index in [1.54, 1.807) is 33.3 Å². The molecule has 3 heterocycles. The van der Waals surface area contributed by atoms with Gasteiger partial charge in [0.15, 0.2) is 0 Å². The predicted octanol–water partition coefficient (Wildman–Crippen LogP) is 0.772. The van der Waals surface area contributed by atoms with Crippen molar-refractivity contribution >= 4 is 15.9 Å². The number of imidazole rings is 1. The Morgan fingerprint density at radius 3 is 2.59 bits per heavy atom. The molecule has 1 aromatic heterocycles. The lowest BCUT2D eigenvalue weighted by atomic mass is 10.1. The molecule has 1 unspecified atom stereocenters. The Morgan fingerprint density at radius 2 is 1.96 bits per heavy atom. The van der Waals surface area contributed by atoms with E-state index >= 15 is 0 Å². The number of likely N-dealkylation sites (tertiary alicyclic amines) is 2. The highest BCUT2D eigenvalue weighted by atomic mass is 32.2. The van der Waals surface area contributed by atoms with E-state index in [-0.39, 0.29) is 11.9 Å². The third-order valence-electron chi connectivity index (χ3n) is 5.64. The van der Waals surface area contributed by atoms with Crippen LogP contribution in [0.3, 0.4) is 0 Å². The van der Waals surface area contributed by atoms with Gasteiger partial charge >= 0.3 is 0 Å². The van der Waals surface area contributed by atoms with E-state index in [4.69, 9.17) is 0 Å². The summed E-state index contributed by atoms with van der Waals surface area (Å²) >= 11 is 0. The number of carbonyl (C=O) groups excluding carboxylic acids is 1. The van der Waals surface area contributed by atoms with Crippen LogP contribution >= 0.6 is 0 Å². The van der Waals surface area contributed by atoms with Crippen LogP contribution in [0.1, 0.15) is 42.6 Å². The number of carbonyl (C=O) groups is 1. The normalized spacial score (nSPS) is 22.3. The maximum atomic E-state index is 12.8. The summed E-state index contributed by atoms with van der Waals surface area (Å²) in [4.78, 5) is 20.9. The first-order valence-corrected chi connectivity index (χ1v) is 11.7. The SMILES string of the molecule is Cn1cncc1C(=O)N1CCCC(N(CCN2CCCCC2)S(C)(=O)=O)C1. The van der Waals surface area contributed by atoms with Gasteiger partial charge in [0.25, 0.3) is 5.91 Å². The molecule has 9 heteroatoms. The maximum absolute atomic E-state index is 12.8. The van der Waals surface area contributed by atoms with Crippen LogP contribution in [-0.2, 0) is 17.1 Å². The number of nitrogens with zero attached hydrogens (tertiary/aromatic N) is 5. The highest BCUT2D eigenvalue weighted by molar-refractivity contribution is 7.88. The van der Waals surface area contributed by atoms with Crippen LogP contribution in [0.25, 0.3) is 0 Å². The molecule has 1 aromatic rings. The second-order valence-electron chi connectivity index (χ2n) is 7.71. The number of hydrogen-bond donors (Lipinski definition) is 0. The van der Waals surface area contributed by atoms with Crippen LogP contribution in [0.5, 0.6) is 0 Å². The fourth-order valence-electron chi connectivity index (χ4n) is 4.14. The van der Waals surface area contributed by atoms with E-state index < -0.39 is 10.0 Å². The quantitative estimate of drug-likeness (QED) is 0.709. The third-order valence-corrected chi connectivity index (χ3v) is 6.97. The van der Waals surface area contributed by atoms with Crippen LogP contribution in [0, 0.1) is 0 Å². The molecule has 27 heavy (non-hydrogen) atoms. The van der Waals surface area contributed by atoms with E-state index in [0.29, 0.717) is 25.3 Å². The summed E-state index contributed by atoms with van der Waals surface area (Å²) in [5, 5.41) is 0. The summed E-state index contributed by atoms with van der Waals surface area (Å²) in [5.41, 5.74) is 0.537. The fraction of sp³-hybridized carbons (Fsp3) is 0.778. The number of hydrogen-bond acceptors (Lipinski definition) is 5. The molecule has 0 spiro atoms. The van der Waals surface area contributed by atoms with Crippen molar-refractivity contribution in [2.24, 2.45) is 7.05 Å². The number of piperidine rings is 2. The van der Waals surface area contributed by atoms with Crippen molar-refractivity contribution in [2.45, 2.75) is 38.1 Å². The summed E-state index contributed by atoms with van der Waals surface area (Å²) in [6.45, 7) is 4.46. The predicted molar refractivity (Wildman–Crippen MR) is 104 cm³/mol. The molecule has 0 radical (unpaired) electrons. The fourth-order valence-corrected chi connectivity index (χ4v) is 5.27. The van der Waals surface area contributed by atoms with Gasteiger partial charge in [-0.25, -0.2) is 13.4 Å². The largest absolute Gasteiger partial charge is 0.336 e. The summed E-state index contributed by atoms with van der Waals surface area (Å²) in [6.07, 6.45) is 9.70. The molecule has 2 fully saturated rings. The molecule has 0 aliphatic carbocycles. The average molecular weight is 398 g/mol. The Hall–Kier alpha value is -1.45. The molecule has 8 nitrogen and oxygen atoms in total. The van der Waals surface area contributed by atoms with E-state index in [2.05, 4.69) is 9.88 Å². The Morgan fingerprint density at radius 1 is 1.22 bits per heavy atom. The Bertz CT molecular complexity index is 742. The smallest absolute Gasteiger partial charge is 0.272 e. The first-order valence-electron chi connectivity index (χ1n) is 9.81.